The third-order valence-electron chi connectivity index (χ3n) is 8.98. The van der Waals surface area contributed by atoms with E-state index in [0.29, 0.717) is 34.9 Å². The number of para-hydroxylation sites is 1. The van der Waals surface area contributed by atoms with Crippen molar-refractivity contribution >= 4 is 21.8 Å². The first-order valence-corrected chi connectivity index (χ1v) is 16.7. The number of aryl methyl sites for hydroxylation is 2. The highest BCUT2D eigenvalue weighted by Gasteiger charge is 2.21. The van der Waals surface area contributed by atoms with Crippen LogP contribution in [0, 0.1) is 13.8 Å². The molecule has 0 atom stereocenters. The molecule has 0 aliphatic rings. The van der Waals surface area contributed by atoms with Gasteiger partial charge >= 0.3 is 0 Å². The van der Waals surface area contributed by atoms with Gasteiger partial charge in [0, 0.05) is 45.4 Å². The fourth-order valence-corrected chi connectivity index (χ4v) is 6.67. The monoisotopic (exact) mass is 658 g/mol. The first-order valence-electron chi connectivity index (χ1n) is 16.7. The average molecular weight is 659 g/mol. The largest absolute Gasteiger partial charge is 0.308 e. The Hall–Kier alpha value is -6.93. The first kappa shape index (κ1) is 30.2. The maximum absolute atomic E-state index is 5.14. The van der Waals surface area contributed by atoms with Gasteiger partial charge in [0.25, 0.3) is 0 Å². The summed E-state index contributed by atoms with van der Waals surface area (Å²) in [5.74, 6) is 3.79. The Labute approximate surface area is 294 Å². The van der Waals surface area contributed by atoms with Crippen molar-refractivity contribution in [3.63, 3.8) is 0 Å². The van der Waals surface area contributed by atoms with Gasteiger partial charge in [-0.05, 0) is 61.4 Å². The van der Waals surface area contributed by atoms with Gasteiger partial charge in [0.15, 0.2) is 23.3 Å². The van der Waals surface area contributed by atoms with Gasteiger partial charge in [-0.2, -0.15) is 0 Å². The Morgan fingerprint density at radius 3 is 1.65 bits per heavy atom. The van der Waals surface area contributed by atoms with Crippen LogP contribution in [0.15, 0.2) is 146 Å². The third-order valence-corrected chi connectivity index (χ3v) is 8.98. The van der Waals surface area contributed by atoms with Gasteiger partial charge in [0.2, 0.25) is 0 Å². The summed E-state index contributed by atoms with van der Waals surface area (Å²) in [6.07, 6.45) is 3.64. The SMILES string of the molecule is Cc1nc(C)nc(-c2ccc3c4ccccc4n(-c4cc(-c5ccncc5)ccc4-c4nc(-c5ccccc5)nc(-c5ccccc5)n4)c3c2)n1. The van der Waals surface area contributed by atoms with Crippen LogP contribution in [0.3, 0.4) is 0 Å². The van der Waals surface area contributed by atoms with Crippen LogP contribution in [-0.2, 0) is 0 Å². The van der Waals surface area contributed by atoms with E-state index in [1.807, 2.05) is 99.0 Å². The van der Waals surface area contributed by atoms with Gasteiger partial charge in [0.05, 0.1) is 16.7 Å². The molecule has 8 nitrogen and oxygen atoms in total. The molecule has 0 aliphatic heterocycles. The molecule has 0 unspecified atom stereocenters. The molecule has 4 heterocycles. The lowest BCUT2D eigenvalue weighted by Gasteiger charge is -2.16. The minimum Gasteiger partial charge on any atom is -0.308 e. The highest BCUT2D eigenvalue weighted by atomic mass is 15.1. The van der Waals surface area contributed by atoms with Gasteiger partial charge in [-0.1, -0.05) is 97.1 Å². The van der Waals surface area contributed by atoms with Crippen LogP contribution in [0.4, 0.5) is 0 Å². The van der Waals surface area contributed by atoms with Gasteiger partial charge in [-0.25, -0.2) is 29.9 Å². The molecular formula is C43H30N8. The van der Waals surface area contributed by atoms with Crippen molar-refractivity contribution in [3.05, 3.63) is 158 Å². The van der Waals surface area contributed by atoms with E-state index in [1.54, 1.807) is 0 Å². The minimum absolute atomic E-state index is 0.574. The number of aromatic nitrogens is 8. The number of hydrogen-bond donors (Lipinski definition) is 0. The Bertz CT molecular complexity index is 2630. The number of nitrogens with zero attached hydrogens (tertiary/aromatic N) is 8. The maximum Gasteiger partial charge on any atom is 0.166 e. The number of benzene rings is 5. The van der Waals surface area contributed by atoms with E-state index in [4.69, 9.17) is 24.9 Å². The number of fused-ring (bicyclic) bond motifs is 3. The summed E-state index contributed by atoms with van der Waals surface area (Å²) in [5, 5.41) is 2.25. The Kier molecular flexibility index (Phi) is 7.39. The zero-order valence-electron chi connectivity index (χ0n) is 27.9. The third kappa shape index (κ3) is 5.58. The van der Waals surface area contributed by atoms with Crippen LogP contribution in [0.1, 0.15) is 11.6 Å². The molecule has 0 bridgehead atoms. The second-order valence-electron chi connectivity index (χ2n) is 12.3. The Morgan fingerprint density at radius 1 is 0.392 bits per heavy atom. The number of pyridine rings is 1. The molecule has 9 aromatic rings. The summed E-state index contributed by atoms with van der Waals surface area (Å²) in [5.41, 5.74) is 8.70. The topological polar surface area (TPSA) is 95.2 Å². The van der Waals surface area contributed by atoms with Gasteiger partial charge in [-0.15, -0.1) is 0 Å². The van der Waals surface area contributed by atoms with Crippen molar-refractivity contribution < 1.29 is 0 Å². The second-order valence-corrected chi connectivity index (χ2v) is 12.3. The van der Waals surface area contributed by atoms with Crippen molar-refractivity contribution in [2.45, 2.75) is 13.8 Å². The van der Waals surface area contributed by atoms with Crippen LogP contribution in [0.5, 0.6) is 0 Å². The standard InChI is InChI=1S/C43H30N8/c1-27-45-28(2)47-42(46-27)33-18-19-35-34-15-9-10-16-37(34)51(38(35)26-33)39-25-32(29-21-23-44-24-22-29)17-20-36(39)43-49-40(30-11-5-3-6-12-30)48-41(50-43)31-13-7-4-8-14-31/h3-26H,1-2H3. The van der Waals surface area contributed by atoms with Gasteiger partial charge in [0.1, 0.15) is 11.6 Å². The van der Waals surface area contributed by atoms with Crippen molar-refractivity contribution in [1.29, 1.82) is 0 Å². The van der Waals surface area contributed by atoms with E-state index in [2.05, 4.69) is 75.2 Å². The molecule has 0 N–H and O–H groups in total. The summed E-state index contributed by atoms with van der Waals surface area (Å²) >= 11 is 0. The van der Waals surface area contributed by atoms with E-state index >= 15 is 0 Å². The molecule has 242 valence electrons. The first-order chi connectivity index (χ1) is 25.1. The minimum atomic E-state index is 0.574. The van der Waals surface area contributed by atoms with Crippen LogP contribution < -0.4 is 0 Å². The zero-order chi connectivity index (χ0) is 34.3. The molecule has 5 aromatic carbocycles. The summed E-state index contributed by atoms with van der Waals surface area (Å²) in [6.45, 7) is 3.79. The fourth-order valence-electron chi connectivity index (χ4n) is 6.67. The smallest absolute Gasteiger partial charge is 0.166 e. The quantitative estimate of drug-likeness (QED) is 0.176. The Balaban J connectivity index is 1.36. The maximum atomic E-state index is 5.14. The highest BCUT2D eigenvalue weighted by molar-refractivity contribution is 6.10. The molecule has 0 radical (unpaired) electrons. The molecule has 0 spiro atoms. The summed E-state index contributed by atoms with van der Waals surface area (Å²) in [7, 11) is 0. The molecule has 0 amide bonds. The molecule has 51 heavy (non-hydrogen) atoms. The van der Waals surface area contributed by atoms with Crippen molar-refractivity contribution in [2.75, 3.05) is 0 Å². The molecule has 0 saturated heterocycles. The summed E-state index contributed by atoms with van der Waals surface area (Å²) in [4.78, 5) is 33.3. The second kappa shape index (κ2) is 12.5. The van der Waals surface area contributed by atoms with Crippen molar-refractivity contribution in [3.8, 4) is 62.4 Å². The number of hydrogen-bond acceptors (Lipinski definition) is 7. The van der Waals surface area contributed by atoms with Gasteiger partial charge < -0.3 is 4.57 Å². The summed E-state index contributed by atoms with van der Waals surface area (Å²) < 4.78 is 2.31. The van der Waals surface area contributed by atoms with Crippen molar-refractivity contribution in [1.82, 2.24) is 39.5 Å². The van der Waals surface area contributed by atoms with E-state index in [9.17, 15) is 0 Å². The normalized spacial score (nSPS) is 11.3. The van der Waals surface area contributed by atoms with Crippen molar-refractivity contribution in [2.24, 2.45) is 0 Å². The average Bonchev–Trinajstić information content (AvgIpc) is 3.52. The molecule has 9 rings (SSSR count). The molecule has 4 aromatic heterocycles. The van der Waals surface area contributed by atoms with Gasteiger partial charge in [-0.3, -0.25) is 4.98 Å². The van der Waals surface area contributed by atoms with E-state index in [1.165, 1.54) is 0 Å². The lowest BCUT2D eigenvalue weighted by Crippen LogP contribution is -2.04. The molecule has 0 fully saturated rings. The fraction of sp³-hybridized carbons (Fsp3) is 0.0465. The zero-order valence-corrected chi connectivity index (χ0v) is 27.9. The molecule has 0 aliphatic carbocycles. The molecule has 8 heteroatoms. The Morgan fingerprint density at radius 2 is 0.961 bits per heavy atom. The van der Waals surface area contributed by atoms with Crippen LogP contribution in [0.2, 0.25) is 0 Å². The highest BCUT2D eigenvalue weighted by Crippen LogP contribution is 2.39. The summed E-state index contributed by atoms with van der Waals surface area (Å²) in [6, 6.07) is 45.5. The van der Waals surface area contributed by atoms with E-state index < -0.39 is 0 Å². The molecular weight excluding hydrogens is 629 g/mol. The predicted octanol–water partition coefficient (Wildman–Crippen LogP) is 9.50. The van der Waals surface area contributed by atoms with E-state index in [-0.39, 0.29) is 0 Å². The van der Waals surface area contributed by atoms with Crippen LogP contribution in [-0.4, -0.2) is 39.5 Å². The lowest BCUT2D eigenvalue weighted by atomic mass is 10.0. The number of rotatable bonds is 6. The molecule has 0 saturated carbocycles. The predicted molar refractivity (Wildman–Crippen MR) is 202 cm³/mol. The van der Waals surface area contributed by atoms with E-state index in [0.717, 1.165) is 60.9 Å². The van der Waals surface area contributed by atoms with Crippen LogP contribution in [0.25, 0.3) is 84.2 Å². The lowest BCUT2D eigenvalue weighted by molar-refractivity contribution is 0.928. The van der Waals surface area contributed by atoms with Crippen LogP contribution >= 0.6 is 0 Å².